The largest absolute Gasteiger partial charge is 0.398 e. The number of carbonyl (C=O) groups is 4. The molecule has 2 atom stereocenters. The summed E-state index contributed by atoms with van der Waals surface area (Å²) in [6.07, 6.45) is 0. The first-order valence-electron chi connectivity index (χ1n) is 9.50. The number of hydrogen-bond donors (Lipinski definition) is 2. The minimum atomic E-state index is -0.903. The number of rotatable bonds is 5. The Morgan fingerprint density at radius 3 is 2.55 bits per heavy atom. The van der Waals surface area contributed by atoms with Crippen molar-refractivity contribution < 1.29 is 28.8 Å². The molecule has 33 heavy (non-hydrogen) atoms. The van der Waals surface area contributed by atoms with Crippen molar-refractivity contribution in [3.05, 3.63) is 22.3 Å². The molecule has 0 radical (unpaired) electrons. The van der Waals surface area contributed by atoms with E-state index in [1.807, 2.05) is 0 Å². The van der Waals surface area contributed by atoms with Gasteiger partial charge in [0, 0.05) is 11.1 Å². The highest BCUT2D eigenvalue weighted by Gasteiger charge is 2.54. The lowest BCUT2D eigenvalue weighted by atomic mass is 9.97. The van der Waals surface area contributed by atoms with Crippen LogP contribution < -0.4 is 11.1 Å². The van der Waals surface area contributed by atoms with Crippen molar-refractivity contribution in [2.24, 2.45) is 10.6 Å². The molecule has 1 aromatic rings. The van der Waals surface area contributed by atoms with E-state index in [9.17, 15) is 19.2 Å². The van der Waals surface area contributed by atoms with E-state index in [1.54, 1.807) is 33.1 Å². The molecule has 2 aliphatic rings. The highest BCUT2D eigenvalue weighted by molar-refractivity contribution is 8.00. The van der Waals surface area contributed by atoms with Crippen LogP contribution in [0, 0.1) is 5.41 Å². The standard InChI is InChI=1S/C19H23N5O6S2.ClH/c1-8-6-31-15-11(22-13(25)10(23-29-5)9-7-32-18(20)21-9)14(26)24(15)12(8)16(27)30-17(28)19(2,3)4;/h7,11,15H,6H2,1-5H3,(H2,20,21)(H,22,25);1H/b23-10-;/t11-,15-;/m1./s1. The monoisotopic (exact) mass is 517 g/mol. The zero-order valence-corrected chi connectivity index (χ0v) is 21.0. The molecule has 0 spiro atoms. The van der Waals surface area contributed by atoms with Gasteiger partial charge in [-0.3, -0.25) is 19.3 Å². The van der Waals surface area contributed by atoms with Crippen LogP contribution in [0.3, 0.4) is 0 Å². The van der Waals surface area contributed by atoms with Gasteiger partial charge < -0.3 is 20.6 Å². The topological polar surface area (TPSA) is 153 Å². The molecule has 3 heterocycles. The third-order valence-electron chi connectivity index (χ3n) is 4.60. The van der Waals surface area contributed by atoms with Gasteiger partial charge in [0.2, 0.25) is 0 Å². The summed E-state index contributed by atoms with van der Waals surface area (Å²) in [5.41, 5.74) is 5.47. The van der Waals surface area contributed by atoms with Gasteiger partial charge in [-0.25, -0.2) is 9.78 Å². The average molecular weight is 518 g/mol. The van der Waals surface area contributed by atoms with Gasteiger partial charge in [0.1, 0.15) is 29.9 Å². The number of nitrogens with zero attached hydrogens (tertiary/aromatic N) is 3. The van der Waals surface area contributed by atoms with Crippen molar-refractivity contribution in [3.63, 3.8) is 0 Å². The van der Waals surface area contributed by atoms with Crippen molar-refractivity contribution in [2.75, 3.05) is 18.6 Å². The predicted octanol–water partition coefficient (Wildman–Crippen LogP) is 1.29. The van der Waals surface area contributed by atoms with Crippen LogP contribution in [-0.2, 0) is 28.8 Å². The number of esters is 2. The van der Waals surface area contributed by atoms with Crippen LogP contribution in [0.25, 0.3) is 0 Å². The zero-order valence-electron chi connectivity index (χ0n) is 18.5. The van der Waals surface area contributed by atoms with E-state index < -0.39 is 40.6 Å². The number of amides is 2. The maximum Gasteiger partial charge on any atom is 0.362 e. The fraction of sp³-hybridized carbons (Fsp3) is 0.474. The Hall–Kier alpha value is -2.64. The van der Waals surface area contributed by atoms with E-state index in [4.69, 9.17) is 15.3 Å². The number of oxime groups is 1. The molecule has 0 unspecified atom stereocenters. The van der Waals surface area contributed by atoms with E-state index in [-0.39, 0.29) is 34.6 Å². The first kappa shape index (κ1) is 26.6. The Morgan fingerprint density at radius 1 is 1.33 bits per heavy atom. The summed E-state index contributed by atoms with van der Waals surface area (Å²) in [6.45, 7) is 6.56. The molecule has 11 nitrogen and oxygen atoms in total. The molecule has 180 valence electrons. The fourth-order valence-electron chi connectivity index (χ4n) is 2.95. The summed E-state index contributed by atoms with van der Waals surface area (Å²) in [5, 5.41) is 7.58. The number of nitrogens with two attached hydrogens (primary N) is 1. The number of hydrogen-bond acceptors (Lipinski definition) is 11. The SMILES string of the molecule is CO/N=C(\C(=O)N[C@@H]1C(=O)N2C(C(=O)OC(=O)C(C)(C)C)=C(C)CS[C@H]12)c1csc(N)n1.Cl. The molecule has 0 aliphatic carbocycles. The molecule has 14 heteroatoms. The van der Waals surface area contributed by atoms with Crippen LogP contribution in [0.1, 0.15) is 33.4 Å². The summed E-state index contributed by atoms with van der Waals surface area (Å²) in [5.74, 6) is -2.33. The molecule has 0 saturated carbocycles. The number of fused-ring (bicyclic) bond motifs is 1. The predicted molar refractivity (Wildman–Crippen MR) is 126 cm³/mol. The number of β-lactam (4-membered cyclic amide) rings is 1. The number of carbonyl (C=O) groups excluding carboxylic acids is 4. The quantitative estimate of drug-likeness (QED) is 0.193. The molecule has 1 aromatic heterocycles. The number of aromatic nitrogens is 1. The van der Waals surface area contributed by atoms with Gasteiger partial charge in [-0.2, -0.15) is 0 Å². The van der Waals surface area contributed by atoms with Crippen molar-refractivity contribution >= 4 is 70.1 Å². The van der Waals surface area contributed by atoms with Gasteiger partial charge in [-0.15, -0.1) is 35.5 Å². The molecular formula is C19H24ClN5O6S2. The van der Waals surface area contributed by atoms with Gasteiger partial charge in [0.25, 0.3) is 11.8 Å². The molecule has 3 N–H and O–H groups in total. The third-order valence-corrected chi connectivity index (χ3v) is 6.70. The number of anilines is 1. The lowest BCUT2D eigenvalue weighted by molar-refractivity contribution is -0.166. The van der Waals surface area contributed by atoms with Crippen LogP contribution in [0.5, 0.6) is 0 Å². The van der Waals surface area contributed by atoms with Gasteiger partial charge in [-0.05, 0) is 33.3 Å². The second kappa shape index (κ2) is 10.1. The molecule has 1 saturated heterocycles. The molecule has 2 amide bonds. The average Bonchev–Trinajstić information content (AvgIpc) is 3.14. The number of nitrogens with one attached hydrogen (secondary N) is 1. The van der Waals surface area contributed by atoms with Gasteiger partial charge in [0.15, 0.2) is 10.8 Å². The van der Waals surface area contributed by atoms with E-state index in [1.165, 1.54) is 23.8 Å². The van der Waals surface area contributed by atoms with Crippen LogP contribution in [0.4, 0.5) is 5.13 Å². The maximum atomic E-state index is 12.9. The normalized spacial score (nSPS) is 20.3. The molecular weight excluding hydrogens is 494 g/mol. The second-order valence-electron chi connectivity index (χ2n) is 8.11. The van der Waals surface area contributed by atoms with E-state index in [0.29, 0.717) is 11.3 Å². The molecule has 1 fully saturated rings. The highest BCUT2D eigenvalue weighted by atomic mass is 35.5. The first-order valence-corrected chi connectivity index (χ1v) is 11.4. The minimum Gasteiger partial charge on any atom is -0.398 e. The number of halogens is 1. The van der Waals surface area contributed by atoms with Gasteiger partial charge in [0.05, 0.1) is 5.41 Å². The second-order valence-corrected chi connectivity index (χ2v) is 10.1. The third kappa shape index (κ3) is 5.31. The van der Waals surface area contributed by atoms with Crippen molar-refractivity contribution in [1.82, 2.24) is 15.2 Å². The lowest BCUT2D eigenvalue weighted by Gasteiger charge is -2.49. The van der Waals surface area contributed by atoms with Crippen LogP contribution >= 0.6 is 35.5 Å². The summed E-state index contributed by atoms with van der Waals surface area (Å²) in [6, 6.07) is -0.903. The Balaban J connectivity index is 0.00000385. The Morgan fingerprint density at radius 2 is 2.00 bits per heavy atom. The van der Waals surface area contributed by atoms with E-state index >= 15 is 0 Å². The van der Waals surface area contributed by atoms with Gasteiger partial charge in [-0.1, -0.05) is 5.16 Å². The number of thioether (sulfide) groups is 1. The smallest absolute Gasteiger partial charge is 0.362 e. The van der Waals surface area contributed by atoms with Crippen molar-refractivity contribution in [3.8, 4) is 0 Å². The van der Waals surface area contributed by atoms with Crippen molar-refractivity contribution in [1.29, 1.82) is 0 Å². The highest BCUT2D eigenvalue weighted by Crippen LogP contribution is 2.40. The summed E-state index contributed by atoms with van der Waals surface area (Å²) in [4.78, 5) is 60.4. The zero-order chi connectivity index (χ0) is 23.8. The summed E-state index contributed by atoms with van der Waals surface area (Å²) >= 11 is 2.51. The molecule has 2 aliphatic heterocycles. The number of thiazole rings is 1. The number of nitrogen functional groups attached to an aromatic ring is 1. The van der Waals surface area contributed by atoms with Crippen LogP contribution in [0.2, 0.25) is 0 Å². The van der Waals surface area contributed by atoms with Crippen LogP contribution in [-0.4, -0.2) is 63.6 Å². The Bertz CT molecular complexity index is 1050. The Labute approximate surface area is 204 Å². The molecule has 0 aromatic carbocycles. The summed E-state index contributed by atoms with van der Waals surface area (Å²) < 4.78 is 4.99. The van der Waals surface area contributed by atoms with E-state index in [2.05, 4.69) is 15.5 Å². The Kier molecular flexibility index (Phi) is 8.14. The minimum absolute atomic E-state index is 0. The van der Waals surface area contributed by atoms with Crippen LogP contribution in [0.15, 0.2) is 21.8 Å². The summed E-state index contributed by atoms with van der Waals surface area (Å²) in [7, 11) is 1.28. The molecule has 0 bridgehead atoms. The van der Waals surface area contributed by atoms with Gasteiger partial charge >= 0.3 is 11.9 Å². The lowest BCUT2D eigenvalue weighted by Crippen LogP contribution is -2.71. The maximum absolute atomic E-state index is 12.9. The number of ether oxygens (including phenoxy) is 1. The van der Waals surface area contributed by atoms with Crippen molar-refractivity contribution in [2.45, 2.75) is 39.1 Å². The molecule has 3 rings (SSSR count). The van der Waals surface area contributed by atoms with E-state index in [0.717, 1.165) is 11.3 Å². The first-order chi connectivity index (χ1) is 15.0. The fourth-order valence-corrected chi connectivity index (χ4v) is 4.79.